The van der Waals surface area contributed by atoms with Crippen molar-refractivity contribution in [3.63, 3.8) is 0 Å². The Morgan fingerprint density at radius 2 is 1.88 bits per heavy atom. The third-order valence-corrected chi connectivity index (χ3v) is 6.73. The predicted molar refractivity (Wildman–Crippen MR) is 95.5 cm³/mol. The smallest absolute Gasteiger partial charge is 0.311 e. The molecule has 2 heterocycles. The number of benzene rings is 2. The minimum absolute atomic E-state index is 0.0377. The summed E-state index contributed by atoms with van der Waals surface area (Å²) in [4.78, 5) is 14.6. The minimum Gasteiger partial charge on any atom is -0.311 e. The van der Waals surface area contributed by atoms with Crippen molar-refractivity contribution in [1.29, 1.82) is 0 Å². The van der Waals surface area contributed by atoms with Gasteiger partial charge in [-0.1, -0.05) is 54.1 Å². The lowest BCUT2D eigenvalue weighted by molar-refractivity contribution is 0.157. The van der Waals surface area contributed by atoms with E-state index in [1.165, 1.54) is 0 Å². The molecule has 0 aliphatic carbocycles. The fourth-order valence-corrected chi connectivity index (χ4v) is 5.32. The second kappa shape index (κ2) is 5.88. The first kappa shape index (κ1) is 16.1. The number of urea groups is 1. The van der Waals surface area contributed by atoms with Crippen LogP contribution in [-0.2, 0) is 23.0 Å². The number of fused-ring (bicyclic) bond motifs is 3. The van der Waals surface area contributed by atoms with Crippen LogP contribution < -0.4 is 0 Å². The Balaban J connectivity index is 1.60. The van der Waals surface area contributed by atoms with E-state index in [9.17, 15) is 13.2 Å². The Bertz CT molecular complexity index is 925. The molecule has 2 aromatic rings. The number of aryl methyl sites for hydroxylation is 1. The van der Waals surface area contributed by atoms with Gasteiger partial charge < -0.3 is 4.90 Å². The normalized spacial score (nSPS) is 21.2. The van der Waals surface area contributed by atoms with Crippen molar-refractivity contribution in [2.45, 2.75) is 25.9 Å². The van der Waals surface area contributed by atoms with E-state index in [1.54, 1.807) is 4.90 Å². The summed E-state index contributed by atoms with van der Waals surface area (Å²) in [5.41, 5.74) is 4.12. The van der Waals surface area contributed by atoms with Crippen LogP contribution in [0.15, 0.2) is 48.5 Å². The molecule has 2 aliphatic heterocycles. The van der Waals surface area contributed by atoms with E-state index in [0.29, 0.717) is 13.0 Å². The first-order valence-electron chi connectivity index (χ1n) is 8.40. The van der Waals surface area contributed by atoms with Gasteiger partial charge in [0, 0.05) is 13.1 Å². The summed E-state index contributed by atoms with van der Waals surface area (Å²) >= 11 is 0. The molecule has 0 N–H and O–H groups in total. The molecule has 0 aromatic heterocycles. The highest BCUT2D eigenvalue weighted by Gasteiger charge is 2.46. The SMILES string of the molecule is Cc1ccc2c(c1)C1CS(=O)(=O)N(CCc3ccccc3)C(=O)N1C2. The van der Waals surface area contributed by atoms with Crippen LogP contribution in [0.5, 0.6) is 0 Å². The van der Waals surface area contributed by atoms with Crippen LogP contribution in [0.25, 0.3) is 0 Å². The van der Waals surface area contributed by atoms with Gasteiger partial charge in [-0.25, -0.2) is 17.5 Å². The number of carbonyl (C=O) groups excluding carboxylic acids is 1. The summed E-state index contributed by atoms with van der Waals surface area (Å²) in [6.07, 6.45) is 0.524. The lowest BCUT2D eigenvalue weighted by Gasteiger charge is -2.37. The molecular weight excluding hydrogens is 336 g/mol. The maximum Gasteiger partial charge on any atom is 0.334 e. The van der Waals surface area contributed by atoms with Gasteiger partial charge in [-0.05, 0) is 30.0 Å². The lowest BCUT2D eigenvalue weighted by Crippen LogP contribution is -2.53. The van der Waals surface area contributed by atoms with E-state index in [-0.39, 0.29) is 18.3 Å². The van der Waals surface area contributed by atoms with Gasteiger partial charge in [0.2, 0.25) is 10.0 Å². The van der Waals surface area contributed by atoms with Crippen LogP contribution in [0.4, 0.5) is 4.79 Å². The van der Waals surface area contributed by atoms with Gasteiger partial charge in [0.05, 0.1) is 11.8 Å². The summed E-state index contributed by atoms with van der Waals surface area (Å²) in [7, 11) is -3.61. The van der Waals surface area contributed by atoms with Crippen molar-refractivity contribution < 1.29 is 13.2 Å². The Kier molecular flexibility index (Phi) is 3.80. The molecule has 1 unspecified atom stereocenters. The molecule has 4 rings (SSSR count). The molecule has 2 aliphatic rings. The fourth-order valence-electron chi connectivity index (χ4n) is 3.67. The number of hydrogen-bond donors (Lipinski definition) is 0. The van der Waals surface area contributed by atoms with Crippen molar-refractivity contribution >= 4 is 16.1 Å². The summed E-state index contributed by atoms with van der Waals surface area (Å²) in [5, 5.41) is 0. The summed E-state index contributed by atoms with van der Waals surface area (Å²) in [6, 6.07) is 14.9. The van der Waals surface area contributed by atoms with Crippen LogP contribution in [0.3, 0.4) is 0 Å². The maximum atomic E-state index is 12.9. The quantitative estimate of drug-likeness (QED) is 0.850. The molecule has 1 saturated heterocycles. The second-order valence-electron chi connectivity index (χ2n) is 6.71. The Morgan fingerprint density at radius 3 is 2.64 bits per heavy atom. The van der Waals surface area contributed by atoms with Gasteiger partial charge in [-0.3, -0.25) is 0 Å². The van der Waals surface area contributed by atoms with E-state index >= 15 is 0 Å². The molecule has 0 spiro atoms. The average molecular weight is 356 g/mol. The summed E-state index contributed by atoms with van der Waals surface area (Å²) in [6.45, 7) is 2.65. The molecule has 1 fully saturated rings. The zero-order valence-electron chi connectivity index (χ0n) is 14.1. The topological polar surface area (TPSA) is 57.7 Å². The van der Waals surface area contributed by atoms with Crippen molar-refractivity contribution in [1.82, 2.24) is 9.21 Å². The lowest BCUT2D eigenvalue weighted by atomic mass is 10.0. The molecule has 2 amide bonds. The van der Waals surface area contributed by atoms with Crippen molar-refractivity contribution in [3.05, 3.63) is 70.8 Å². The highest BCUT2D eigenvalue weighted by molar-refractivity contribution is 7.89. The van der Waals surface area contributed by atoms with E-state index in [4.69, 9.17) is 0 Å². The molecule has 6 heteroatoms. The number of rotatable bonds is 3. The molecule has 0 saturated carbocycles. The average Bonchev–Trinajstić information content (AvgIpc) is 2.93. The molecular formula is C19H20N2O3S. The summed E-state index contributed by atoms with van der Waals surface area (Å²) in [5.74, 6) is -0.0377. The number of nitrogens with zero attached hydrogens (tertiary/aromatic N) is 2. The predicted octanol–water partition coefficient (Wildman–Crippen LogP) is 2.86. The molecule has 0 bridgehead atoms. The zero-order valence-corrected chi connectivity index (χ0v) is 14.9. The molecule has 130 valence electrons. The van der Waals surface area contributed by atoms with E-state index < -0.39 is 16.1 Å². The monoisotopic (exact) mass is 356 g/mol. The van der Waals surface area contributed by atoms with E-state index in [2.05, 4.69) is 0 Å². The number of amides is 2. The largest absolute Gasteiger partial charge is 0.334 e. The van der Waals surface area contributed by atoms with Crippen molar-refractivity contribution in [2.24, 2.45) is 0 Å². The third-order valence-electron chi connectivity index (χ3n) is 4.99. The van der Waals surface area contributed by atoms with Gasteiger partial charge in [0.15, 0.2) is 0 Å². The van der Waals surface area contributed by atoms with Crippen molar-refractivity contribution in [2.75, 3.05) is 12.3 Å². The third kappa shape index (κ3) is 2.80. The number of sulfonamides is 1. The summed E-state index contributed by atoms with van der Waals surface area (Å²) < 4.78 is 26.5. The Hall–Kier alpha value is -2.34. The first-order valence-corrected chi connectivity index (χ1v) is 10.0. The molecule has 5 nitrogen and oxygen atoms in total. The van der Waals surface area contributed by atoms with Crippen molar-refractivity contribution in [3.8, 4) is 0 Å². The van der Waals surface area contributed by atoms with Gasteiger partial charge in [-0.2, -0.15) is 0 Å². The molecule has 0 radical (unpaired) electrons. The van der Waals surface area contributed by atoms with Gasteiger partial charge >= 0.3 is 6.03 Å². The van der Waals surface area contributed by atoms with Gasteiger partial charge in [0.25, 0.3) is 0 Å². The molecule has 2 aromatic carbocycles. The van der Waals surface area contributed by atoms with Crippen LogP contribution in [0.2, 0.25) is 0 Å². The van der Waals surface area contributed by atoms with Gasteiger partial charge in [-0.15, -0.1) is 0 Å². The highest BCUT2D eigenvalue weighted by Crippen LogP contribution is 2.39. The van der Waals surface area contributed by atoms with E-state index in [1.807, 2.05) is 55.5 Å². The van der Waals surface area contributed by atoms with E-state index in [0.717, 1.165) is 26.6 Å². The van der Waals surface area contributed by atoms with Crippen LogP contribution in [0, 0.1) is 6.92 Å². The van der Waals surface area contributed by atoms with Crippen LogP contribution >= 0.6 is 0 Å². The zero-order chi connectivity index (χ0) is 17.6. The minimum atomic E-state index is -3.61. The highest BCUT2D eigenvalue weighted by atomic mass is 32.2. The van der Waals surface area contributed by atoms with Crippen LogP contribution in [0.1, 0.15) is 28.3 Å². The van der Waals surface area contributed by atoms with Gasteiger partial charge in [0.1, 0.15) is 0 Å². The number of hydrogen-bond acceptors (Lipinski definition) is 3. The second-order valence-corrected chi connectivity index (χ2v) is 8.65. The molecule has 25 heavy (non-hydrogen) atoms. The Morgan fingerprint density at radius 1 is 1.12 bits per heavy atom. The molecule has 1 atom stereocenters. The Labute approximate surface area is 147 Å². The van der Waals surface area contributed by atoms with Crippen LogP contribution in [-0.4, -0.2) is 36.0 Å². The standard InChI is InChI=1S/C19H20N2O3S/c1-14-7-8-16-12-20-18(17(16)11-14)13-25(23,24)21(19(20)22)10-9-15-5-3-2-4-6-15/h2-8,11,18H,9-10,12-13H2,1H3. The fraction of sp³-hybridized carbons (Fsp3) is 0.316. The maximum absolute atomic E-state index is 12.9. The number of carbonyl (C=O) groups is 1. The first-order chi connectivity index (χ1) is 12.0.